The molecule has 0 unspecified atom stereocenters. The summed E-state index contributed by atoms with van der Waals surface area (Å²) in [6, 6.07) is 0. The maximum Gasteiger partial charge on any atom is 0.338 e. The fraction of sp³-hybridized carbons (Fsp3) is 0.500. The van der Waals surface area contributed by atoms with Gasteiger partial charge in [-0.05, 0) is 0 Å². The van der Waals surface area contributed by atoms with Crippen molar-refractivity contribution in [2.75, 3.05) is 20.1 Å². The standard InChI is InChI=1S/C6H9ClO3/c1-9-4-5(3-7)6(8)10-2/h4H,3H2,1-2H3/b5-4+. The van der Waals surface area contributed by atoms with Crippen molar-refractivity contribution in [1.82, 2.24) is 0 Å². The maximum atomic E-state index is 10.7. The van der Waals surface area contributed by atoms with E-state index in [9.17, 15) is 4.79 Å². The molecule has 0 spiro atoms. The highest BCUT2D eigenvalue weighted by Crippen LogP contribution is 1.99. The number of hydrogen-bond acceptors (Lipinski definition) is 3. The molecular weight excluding hydrogens is 156 g/mol. The van der Waals surface area contributed by atoms with E-state index >= 15 is 0 Å². The molecule has 58 valence electrons. The van der Waals surface area contributed by atoms with Crippen molar-refractivity contribution < 1.29 is 14.3 Å². The van der Waals surface area contributed by atoms with Gasteiger partial charge in [0.1, 0.15) is 0 Å². The first kappa shape index (κ1) is 9.30. The molecule has 0 aliphatic carbocycles. The second-order valence-electron chi connectivity index (χ2n) is 1.50. The number of rotatable bonds is 3. The number of methoxy groups -OCH3 is 2. The van der Waals surface area contributed by atoms with Crippen LogP contribution in [0.1, 0.15) is 0 Å². The maximum absolute atomic E-state index is 10.7. The molecule has 0 saturated carbocycles. The van der Waals surface area contributed by atoms with Crippen molar-refractivity contribution in [1.29, 1.82) is 0 Å². The van der Waals surface area contributed by atoms with Crippen LogP contribution in [0.3, 0.4) is 0 Å². The van der Waals surface area contributed by atoms with E-state index in [4.69, 9.17) is 11.6 Å². The first-order chi connectivity index (χ1) is 4.76. The van der Waals surface area contributed by atoms with Crippen LogP contribution in [0.5, 0.6) is 0 Å². The average Bonchev–Trinajstić information content (AvgIpc) is 1.99. The summed E-state index contributed by atoms with van der Waals surface area (Å²) < 4.78 is 8.95. The molecule has 0 radical (unpaired) electrons. The van der Waals surface area contributed by atoms with Gasteiger partial charge in [0.15, 0.2) is 0 Å². The van der Waals surface area contributed by atoms with Crippen LogP contribution < -0.4 is 0 Å². The lowest BCUT2D eigenvalue weighted by Crippen LogP contribution is -2.06. The fourth-order valence-corrected chi connectivity index (χ4v) is 0.580. The Labute approximate surface area is 64.6 Å². The lowest BCUT2D eigenvalue weighted by Gasteiger charge is -1.98. The van der Waals surface area contributed by atoms with E-state index in [0.717, 1.165) is 0 Å². The van der Waals surface area contributed by atoms with E-state index in [2.05, 4.69) is 9.47 Å². The summed E-state index contributed by atoms with van der Waals surface area (Å²) in [5.74, 6) is -0.364. The van der Waals surface area contributed by atoms with Gasteiger partial charge in [-0.25, -0.2) is 4.79 Å². The molecule has 0 saturated heterocycles. The van der Waals surface area contributed by atoms with Crippen LogP contribution in [-0.2, 0) is 14.3 Å². The monoisotopic (exact) mass is 164 g/mol. The SMILES string of the molecule is CO/C=C(\CCl)C(=O)OC. The zero-order valence-corrected chi connectivity index (χ0v) is 6.64. The summed E-state index contributed by atoms with van der Waals surface area (Å²) in [6.07, 6.45) is 1.26. The van der Waals surface area contributed by atoms with Crippen molar-refractivity contribution in [3.63, 3.8) is 0 Å². The minimum atomic E-state index is -0.461. The highest BCUT2D eigenvalue weighted by molar-refractivity contribution is 6.22. The molecule has 0 aliphatic heterocycles. The molecule has 0 aliphatic rings. The van der Waals surface area contributed by atoms with E-state index in [1.165, 1.54) is 20.5 Å². The normalized spacial score (nSPS) is 10.9. The Kier molecular flexibility index (Phi) is 4.76. The third kappa shape index (κ3) is 2.73. The fourth-order valence-electron chi connectivity index (χ4n) is 0.408. The van der Waals surface area contributed by atoms with Crippen molar-refractivity contribution in [3.8, 4) is 0 Å². The lowest BCUT2D eigenvalue weighted by molar-refractivity contribution is -0.136. The van der Waals surface area contributed by atoms with Crippen molar-refractivity contribution in [3.05, 3.63) is 11.8 Å². The largest absolute Gasteiger partial charge is 0.504 e. The molecule has 0 amide bonds. The van der Waals surface area contributed by atoms with Crippen LogP contribution in [0.4, 0.5) is 0 Å². The van der Waals surface area contributed by atoms with Crippen LogP contribution in [0, 0.1) is 0 Å². The Morgan fingerprint density at radius 3 is 2.50 bits per heavy atom. The highest BCUT2D eigenvalue weighted by Gasteiger charge is 2.06. The second-order valence-corrected chi connectivity index (χ2v) is 1.77. The van der Waals surface area contributed by atoms with Gasteiger partial charge >= 0.3 is 5.97 Å². The first-order valence-electron chi connectivity index (χ1n) is 2.62. The lowest BCUT2D eigenvalue weighted by atomic mass is 10.3. The minimum Gasteiger partial charge on any atom is -0.504 e. The van der Waals surface area contributed by atoms with Crippen LogP contribution >= 0.6 is 11.6 Å². The third-order valence-corrected chi connectivity index (χ3v) is 1.14. The molecule has 0 atom stereocenters. The summed E-state index contributed by atoms with van der Waals surface area (Å²) >= 11 is 5.37. The molecule has 0 fully saturated rings. The smallest absolute Gasteiger partial charge is 0.338 e. The number of esters is 1. The third-order valence-electron chi connectivity index (χ3n) is 0.852. The Morgan fingerprint density at radius 2 is 2.20 bits per heavy atom. The van der Waals surface area contributed by atoms with Gasteiger partial charge in [0.25, 0.3) is 0 Å². The van der Waals surface area contributed by atoms with E-state index in [1.54, 1.807) is 0 Å². The summed E-state index contributed by atoms with van der Waals surface area (Å²) in [5.41, 5.74) is 0.312. The van der Waals surface area contributed by atoms with Crippen molar-refractivity contribution in [2.24, 2.45) is 0 Å². The summed E-state index contributed by atoms with van der Waals surface area (Å²) in [7, 11) is 2.73. The molecule has 0 aromatic rings. The zero-order valence-electron chi connectivity index (χ0n) is 5.89. The van der Waals surface area contributed by atoms with Gasteiger partial charge in [0.05, 0.1) is 31.9 Å². The van der Waals surface area contributed by atoms with Gasteiger partial charge in [0, 0.05) is 0 Å². The summed E-state index contributed by atoms with van der Waals surface area (Å²) in [5, 5.41) is 0. The molecule has 3 nitrogen and oxygen atoms in total. The number of carbonyl (C=O) groups is 1. The molecule has 0 bridgehead atoms. The average molecular weight is 165 g/mol. The molecule has 0 rings (SSSR count). The molecule has 0 aromatic heterocycles. The molecular formula is C6H9ClO3. The molecule has 0 aromatic carbocycles. The van der Waals surface area contributed by atoms with Crippen molar-refractivity contribution >= 4 is 17.6 Å². The van der Waals surface area contributed by atoms with Crippen LogP contribution in [0.25, 0.3) is 0 Å². The van der Waals surface area contributed by atoms with Crippen LogP contribution in [0.2, 0.25) is 0 Å². The number of alkyl halides is 1. The Hall–Kier alpha value is -0.700. The Balaban J connectivity index is 4.06. The van der Waals surface area contributed by atoms with Gasteiger partial charge in [0.2, 0.25) is 0 Å². The van der Waals surface area contributed by atoms with Gasteiger partial charge in [-0.1, -0.05) is 0 Å². The van der Waals surface area contributed by atoms with Crippen LogP contribution in [0.15, 0.2) is 11.8 Å². The topological polar surface area (TPSA) is 35.5 Å². The van der Waals surface area contributed by atoms with Gasteiger partial charge in [-0.15, -0.1) is 11.6 Å². The second kappa shape index (κ2) is 5.11. The zero-order chi connectivity index (χ0) is 7.98. The van der Waals surface area contributed by atoms with E-state index in [-0.39, 0.29) is 5.88 Å². The van der Waals surface area contributed by atoms with Gasteiger partial charge < -0.3 is 9.47 Å². The molecule has 0 heterocycles. The number of ether oxygens (including phenoxy) is 2. The van der Waals surface area contributed by atoms with Gasteiger partial charge in [-0.2, -0.15) is 0 Å². The Morgan fingerprint density at radius 1 is 1.60 bits per heavy atom. The minimum absolute atomic E-state index is 0.0977. The van der Waals surface area contributed by atoms with Crippen LogP contribution in [-0.4, -0.2) is 26.1 Å². The molecule has 10 heavy (non-hydrogen) atoms. The Bertz CT molecular complexity index is 142. The number of carbonyl (C=O) groups excluding carboxylic acids is 1. The van der Waals surface area contributed by atoms with Gasteiger partial charge in [-0.3, -0.25) is 0 Å². The molecule has 0 N–H and O–H groups in total. The first-order valence-corrected chi connectivity index (χ1v) is 3.15. The number of hydrogen-bond donors (Lipinski definition) is 0. The summed E-state index contributed by atoms with van der Waals surface area (Å²) in [4.78, 5) is 10.7. The predicted octanol–water partition coefficient (Wildman–Crippen LogP) is 0.928. The van der Waals surface area contributed by atoms with E-state index in [0.29, 0.717) is 5.57 Å². The predicted molar refractivity (Wildman–Crippen MR) is 37.8 cm³/mol. The highest BCUT2D eigenvalue weighted by atomic mass is 35.5. The van der Waals surface area contributed by atoms with E-state index in [1.807, 2.05) is 0 Å². The summed E-state index contributed by atoms with van der Waals surface area (Å²) in [6.45, 7) is 0. The van der Waals surface area contributed by atoms with Crippen molar-refractivity contribution in [2.45, 2.75) is 0 Å². The number of halogens is 1. The van der Waals surface area contributed by atoms with E-state index < -0.39 is 5.97 Å². The quantitative estimate of drug-likeness (QED) is 0.270. The molecule has 4 heteroatoms.